The van der Waals surface area contributed by atoms with Crippen LogP contribution in [0.3, 0.4) is 0 Å². The van der Waals surface area contributed by atoms with E-state index in [0.29, 0.717) is 17.9 Å². The Morgan fingerprint density at radius 2 is 2.31 bits per heavy atom. The zero-order valence-corrected chi connectivity index (χ0v) is 7.33. The molecule has 0 radical (unpaired) electrons. The number of anilines is 2. The molecule has 0 saturated carbocycles. The van der Waals surface area contributed by atoms with Gasteiger partial charge in [0.2, 0.25) is 0 Å². The first kappa shape index (κ1) is 7.18. The number of nitrogens with two attached hydrogens (primary N) is 1. The van der Waals surface area contributed by atoms with E-state index in [1.165, 1.54) is 6.07 Å². The lowest BCUT2D eigenvalue weighted by Crippen LogP contribution is -2.20. The van der Waals surface area contributed by atoms with E-state index in [2.05, 4.69) is 0 Å². The fourth-order valence-corrected chi connectivity index (χ4v) is 1.65. The molecule has 3 heteroatoms. The van der Waals surface area contributed by atoms with Crippen LogP contribution in [0.5, 0.6) is 0 Å². The van der Waals surface area contributed by atoms with Crippen LogP contribution in [0.25, 0.3) is 0 Å². The molecule has 0 aliphatic carbocycles. The standard InChI is InChI=1S/C10H13FN2/c11-8-4-3-5-9(12)10(8)13-6-1-2-7-13/h3-5H,1-2,6-7,12H2/i1D/t1-/m1/s1. The summed E-state index contributed by atoms with van der Waals surface area (Å²) in [5, 5.41) is 0. The Labute approximate surface area is 78.6 Å². The summed E-state index contributed by atoms with van der Waals surface area (Å²) in [4.78, 5) is 1.85. The number of nitrogens with zero attached hydrogens (tertiary/aromatic N) is 1. The Morgan fingerprint density at radius 1 is 1.46 bits per heavy atom. The van der Waals surface area contributed by atoms with Crippen LogP contribution in [-0.2, 0) is 0 Å². The molecule has 1 saturated heterocycles. The lowest BCUT2D eigenvalue weighted by atomic mass is 10.2. The lowest BCUT2D eigenvalue weighted by Gasteiger charge is -2.19. The van der Waals surface area contributed by atoms with Gasteiger partial charge in [-0.2, -0.15) is 0 Å². The average Bonchev–Trinajstić information content (AvgIpc) is 2.51. The summed E-state index contributed by atoms with van der Waals surface area (Å²) in [6, 6.07) is 4.70. The molecule has 2 rings (SSSR count). The second-order valence-corrected chi connectivity index (χ2v) is 3.20. The van der Waals surface area contributed by atoms with Crippen molar-refractivity contribution in [1.82, 2.24) is 0 Å². The van der Waals surface area contributed by atoms with Crippen LogP contribution in [0.15, 0.2) is 18.2 Å². The van der Waals surface area contributed by atoms with E-state index in [4.69, 9.17) is 7.10 Å². The van der Waals surface area contributed by atoms with Crippen LogP contribution >= 0.6 is 0 Å². The third kappa shape index (κ3) is 1.46. The maximum Gasteiger partial charge on any atom is 0.148 e. The molecule has 1 heterocycles. The van der Waals surface area contributed by atoms with E-state index >= 15 is 0 Å². The molecule has 0 aromatic heterocycles. The molecular weight excluding hydrogens is 167 g/mol. The van der Waals surface area contributed by atoms with Gasteiger partial charge in [0.15, 0.2) is 0 Å². The van der Waals surface area contributed by atoms with E-state index in [0.717, 1.165) is 13.0 Å². The highest BCUT2D eigenvalue weighted by Crippen LogP contribution is 2.29. The first-order valence-electron chi connectivity index (χ1n) is 4.97. The molecule has 1 fully saturated rings. The van der Waals surface area contributed by atoms with Gasteiger partial charge in [-0.25, -0.2) is 4.39 Å². The van der Waals surface area contributed by atoms with Crippen molar-refractivity contribution in [2.24, 2.45) is 0 Å². The van der Waals surface area contributed by atoms with Crippen LogP contribution in [0.1, 0.15) is 14.2 Å². The molecule has 0 spiro atoms. The zero-order chi connectivity index (χ0) is 10.1. The Kier molecular flexibility index (Phi) is 1.79. The van der Waals surface area contributed by atoms with Crippen molar-refractivity contribution in [2.75, 3.05) is 23.7 Å². The molecule has 0 unspecified atom stereocenters. The van der Waals surface area contributed by atoms with Gasteiger partial charge in [0.1, 0.15) is 5.82 Å². The van der Waals surface area contributed by atoms with E-state index in [1.807, 2.05) is 4.90 Å². The van der Waals surface area contributed by atoms with Gasteiger partial charge in [-0.15, -0.1) is 0 Å². The molecule has 1 aliphatic rings. The van der Waals surface area contributed by atoms with Gasteiger partial charge >= 0.3 is 0 Å². The number of halogens is 1. The molecule has 0 amide bonds. The minimum atomic E-state index is -0.292. The van der Waals surface area contributed by atoms with Gasteiger partial charge in [0.25, 0.3) is 0 Å². The van der Waals surface area contributed by atoms with Crippen LogP contribution in [-0.4, -0.2) is 13.1 Å². The van der Waals surface area contributed by atoms with Gasteiger partial charge < -0.3 is 10.6 Å². The first-order valence-corrected chi connectivity index (χ1v) is 4.39. The fourth-order valence-electron chi connectivity index (χ4n) is 1.65. The Bertz CT molecular complexity index is 323. The van der Waals surface area contributed by atoms with Gasteiger partial charge in [-0.1, -0.05) is 6.07 Å². The van der Waals surface area contributed by atoms with E-state index in [1.54, 1.807) is 12.1 Å². The zero-order valence-electron chi connectivity index (χ0n) is 8.33. The molecule has 70 valence electrons. The highest BCUT2D eigenvalue weighted by molar-refractivity contribution is 5.68. The highest BCUT2D eigenvalue weighted by Gasteiger charge is 2.17. The van der Waals surface area contributed by atoms with Crippen molar-refractivity contribution in [3.63, 3.8) is 0 Å². The van der Waals surface area contributed by atoms with E-state index in [-0.39, 0.29) is 12.2 Å². The second kappa shape index (κ2) is 3.24. The molecule has 1 aliphatic heterocycles. The second-order valence-electron chi connectivity index (χ2n) is 3.20. The summed E-state index contributed by atoms with van der Waals surface area (Å²) >= 11 is 0. The summed E-state index contributed by atoms with van der Waals surface area (Å²) in [5.41, 5.74) is 6.62. The van der Waals surface area contributed by atoms with Gasteiger partial charge in [0.05, 0.1) is 11.4 Å². The van der Waals surface area contributed by atoms with Crippen LogP contribution in [0.2, 0.25) is 0 Å². The molecule has 1 aromatic rings. The number of hydrogen-bond donors (Lipinski definition) is 1. The average molecular weight is 181 g/mol. The van der Waals surface area contributed by atoms with Crippen LogP contribution in [0, 0.1) is 5.82 Å². The normalized spacial score (nSPS) is 23.3. The van der Waals surface area contributed by atoms with Crippen LogP contribution < -0.4 is 10.6 Å². The highest BCUT2D eigenvalue weighted by atomic mass is 19.1. The summed E-state index contributed by atoms with van der Waals surface area (Å²) in [6.45, 7) is 1.30. The summed E-state index contributed by atoms with van der Waals surface area (Å²) in [7, 11) is 0. The molecule has 13 heavy (non-hydrogen) atoms. The van der Waals surface area contributed by atoms with Gasteiger partial charge in [-0.3, -0.25) is 0 Å². The minimum absolute atomic E-state index is 0.117. The van der Waals surface area contributed by atoms with Crippen molar-refractivity contribution < 1.29 is 5.76 Å². The Hall–Kier alpha value is -1.25. The van der Waals surface area contributed by atoms with Gasteiger partial charge in [0, 0.05) is 14.5 Å². The van der Waals surface area contributed by atoms with Crippen molar-refractivity contribution in [3.8, 4) is 0 Å². The van der Waals surface area contributed by atoms with E-state index < -0.39 is 0 Å². The lowest BCUT2D eigenvalue weighted by molar-refractivity contribution is 0.624. The van der Waals surface area contributed by atoms with Crippen molar-refractivity contribution >= 4 is 11.4 Å². The molecule has 1 atom stereocenters. The summed E-state index contributed by atoms with van der Waals surface area (Å²) < 4.78 is 21.0. The number of para-hydroxylation sites is 1. The van der Waals surface area contributed by atoms with E-state index in [9.17, 15) is 4.39 Å². The maximum absolute atomic E-state index is 13.4. The first-order chi connectivity index (χ1) is 6.68. The Morgan fingerprint density at radius 3 is 2.92 bits per heavy atom. The smallest absolute Gasteiger partial charge is 0.148 e. The predicted octanol–water partition coefficient (Wildman–Crippen LogP) is 2.01. The van der Waals surface area contributed by atoms with Crippen molar-refractivity contribution in [3.05, 3.63) is 24.0 Å². The molecular formula is C10H13FN2. The summed E-state index contributed by atoms with van der Waals surface area (Å²) in [5.74, 6) is -0.292. The predicted molar refractivity (Wildman–Crippen MR) is 52.3 cm³/mol. The molecule has 2 nitrogen and oxygen atoms in total. The number of rotatable bonds is 1. The number of benzene rings is 1. The van der Waals surface area contributed by atoms with Crippen LogP contribution in [0.4, 0.5) is 15.8 Å². The largest absolute Gasteiger partial charge is 0.397 e. The van der Waals surface area contributed by atoms with Crippen molar-refractivity contribution in [1.29, 1.82) is 0 Å². The van der Waals surface area contributed by atoms with Crippen molar-refractivity contribution in [2.45, 2.75) is 12.8 Å². The quantitative estimate of drug-likeness (QED) is 0.671. The maximum atomic E-state index is 13.4. The topological polar surface area (TPSA) is 29.3 Å². The third-order valence-corrected chi connectivity index (χ3v) is 2.29. The molecule has 0 bridgehead atoms. The minimum Gasteiger partial charge on any atom is -0.397 e. The Balaban J connectivity index is 2.31. The number of hydrogen-bond acceptors (Lipinski definition) is 2. The summed E-state index contributed by atoms with van der Waals surface area (Å²) in [6.07, 6.45) is 0.669. The van der Waals surface area contributed by atoms with Gasteiger partial charge in [-0.05, 0) is 25.0 Å². The molecule has 1 aromatic carbocycles. The molecule has 2 N–H and O–H groups in total. The third-order valence-electron chi connectivity index (χ3n) is 2.29. The SMILES string of the molecule is [2H][C@@H]1CCN(c2c(N)cccc2F)C1. The monoisotopic (exact) mass is 181 g/mol. The number of nitrogen functional groups attached to an aromatic ring is 1. The fraction of sp³-hybridized carbons (Fsp3) is 0.400.